The first-order chi connectivity index (χ1) is 7.07. The Bertz CT molecular complexity index is 436. The lowest BCUT2D eigenvalue weighted by atomic mass is 10.2. The molecule has 0 saturated carbocycles. The molecule has 1 aliphatic heterocycles. The lowest BCUT2D eigenvalue weighted by Crippen LogP contribution is -2.29. The molecule has 84 valence electrons. The summed E-state index contributed by atoms with van der Waals surface area (Å²) in [5.74, 6) is 0.644. The molecule has 0 bridgehead atoms. The van der Waals surface area contributed by atoms with Crippen molar-refractivity contribution in [1.29, 1.82) is 0 Å². The third-order valence-electron chi connectivity index (χ3n) is 2.75. The van der Waals surface area contributed by atoms with Crippen molar-refractivity contribution in [3.05, 3.63) is 21.9 Å². The molecule has 1 N–H and O–H groups in total. The summed E-state index contributed by atoms with van der Waals surface area (Å²) in [4.78, 5) is 1.30. The monoisotopic (exact) mass is 245 g/mol. The van der Waals surface area contributed by atoms with Crippen LogP contribution in [0.3, 0.4) is 0 Å². The second kappa shape index (κ2) is 4.23. The molecule has 1 aliphatic rings. The van der Waals surface area contributed by atoms with Gasteiger partial charge >= 0.3 is 0 Å². The van der Waals surface area contributed by atoms with Crippen molar-refractivity contribution < 1.29 is 8.42 Å². The summed E-state index contributed by atoms with van der Waals surface area (Å²) < 4.78 is 22.5. The number of aryl methyl sites for hydroxylation is 1. The highest BCUT2D eigenvalue weighted by Gasteiger charge is 2.27. The first kappa shape index (κ1) is 11.1. The van der Waals surface area contributed by atoms with E-state index >= 15 is 0 Å². The van der Waals surface area contributed by atoms with Crippen molar-refractivity contribution >= 4 is 21.2 Å². The molecular formula is C10H15NO2S2. The second-order valence-corrected chi connectivity index (χ2v) is 7.24. The zero-order valence-corrected chi connectivity index (χ0v) is 10.3. The van der Waals surface area contributed by atoms with E-state index in [0.29, 0.717) is 11.5 Å². The molecule has 1 atom stereocenters. The van der Waals surface area contributed by atoms with Crippen molar-refractivity contribution in [2.75, 3.05) is 11.5 Å². The summed E-state index contributed by atoms with van der Waals surface area (Å²) in [5, 5.41) is 5.38. The lowest BCUT2D eigenvalue weighted by Gasteiger charge is -2.09. The van der Waals surface area contributed by atoms with Crippen molar-refractivity contribution in [3.8, 4) is 0 Å². The molecule has 5 heteroatoms. The Morgan fingerprint density at radius 2 is 2.40 bits per heavy atom. The van der Waals surface area contributed by atoms with E-state index in [2.05, 4.69) is 23.7 Å². The number of rotatable bonds is 3. The van der Waals surface area contributed by atoms with Crippen LogP contribution in [-0.4, -0.2) is 26.0 Å². The van der Waals surface area contributed by atoms with Gasteiger partial charge in [-0.25, -0.2) is 8.42 Å². The summed E-state index contributed by atoms with van der Waals surface area (Å²) in [6, 6.07) is 2.24. The van der Waals surface area contributed by atoms with Gasteiger partial charge in [-0.15, -0.1) is 11.3 Å². The van der Waals surface area contributed by atoms with Gasteiger partial charge in [0.1, 0.15) is 0 Å². The minimum atomic E-state index is -2.76. The Hall–Kier alpha value is -0.390. The van der Waals surface area contributed by atoms with Crippen LogP contribution in [0.4, 0.5) is 0 Å². The minimum Gasteiger partial charge on any atom is -0.308 e. The van der Waals surface area contributed by atoms with E-state index in [1.54, 1.807) is 11.3 Å². The summed E-state index contributed by atoms with van der Waals surface area (Å²) in [7, 11) is -2.76. The molecule has 0 aliphatic carbocycles. The van der Waals surface area contributed by atoms with E-state index in [-0.39, 0.29) is 6.04 Å². The van der Waals surface area contributed by atoms with E-state index < -0.39 is 9.84 Å². The number of thiophene rings is 1. The van der Waals surface area contributed by atoms with Gasteiger partial charge in [0.05, 0.1) is 11.5 Å². The van der Waals surface area contributed by atoms with Crippen LogP contribution >= 0.6 is 11.3 Å². The summed E-state index contributed by atoms with van der Waals surface area (Å²) in [6.07, 6.45) is 0.757. The maximum absolute atomic E-state index is 11.2. The molecule has 0 spiro atoms. The molecule has 1 fully saturated rings. The Morgan fingerprint density at radius 3 is 2.93 bits per heavy atom. The fraction of sp³-hybridized carbons (Fsp3) is 0.600. The molecule has 2 rings (SSSR count). The van der Waals surface area contributed by atoms with Crippen LogP contribution in [-0.2, 0) is 16.4 Å². The van der Waals surface area contributed by atoms with Crippen LogP contribution < -0.4 is 5.32 Å². The van der Waals surface area contributed by atoms with Crippen molar-refractivity contribution in [2.24, 2.45) is 0 Å². The fourth-order valence-corrected chi connectivity index (χ4v) is 4.34. The maximum atomic E-state index is 11.2. The van der Waals surface area contributed by atoms with E-state index in [4.69, 9.17) is 0 Å². The summed E-state index contributed by atoms with van der Waals surface area (Å²) in [6.45, 7) is 2.88. The second-order valence-electron chi connectivity index (χ2n) is 4.01. The fourth-order valence-electron chi connectivity index (χ4n) is 1.78. The van der Waals surface area contributed by atoms with Gasteiger partial charge in [-0.3, -0.25) is 0 Å². The first-order valence-corrected chi connectivity index (χ1v) is 7.74. The van der Waals surface area contributed by atoms with Gasteiger partial charge in [0.15, 0.2) is 9.84 Å². The summed E-state index contributed by atoms with van der Waals surface area (Å²) >= 11 is 1.72. The molecule has 1 saturated heterocycles. The van der Waals surface area contributed by atoms with Gasteiger partial charge in [-0.2, -0.15) is 0 Å². The van der Waals surface area contributed by atoms with Crippen molar-refractivity contribution in [2.45, 2.75) is 25.9 Å². The average Bonchev–Trinajstić information content (AvgIpc) is 2.69. The first-order valence-electron chi connectivity index (χ1n) is 5.03. The normalized spacial score (nSPS) is 24.5. The molecule has 0 radical (unpaired) electrons. The average molecular weight is 245 g/mol. The van der Waals surface area contributed by atoms with Crippen LogP contribution in [0, 0.1) is 6.92 Å². The predicted molar refractivity (Wildman–Crippen MR) is 63.0 cm³/mol. The Kier molecular flexibility index (Phi) is 3.13. The quantitative estimate of drug-likeness (QED) is 0.874. The predicted octanol–water partition coefficient (Wildman–Crippen LogP) is 1.33. The van der Waals surface area contributed by atoms with E-state index in [1.165, 1.54) is 10.4 Å². The number of hydrogen-bond donors (Lipinski definition) is 1. The van der Waals surface area contributed by atoms with Gasteiger partial charge in [0.2, 0.25) is 0 Å². The zero-order valence-electron chi connectivity index (χ0n) is 8.69. The Labute approximate surface area is 94.4 Å². The maximum Gasteiger partial charge on any atom is 0.151 e. The molecule has 2 heterocycles. The molecule has 15 heavy (non-hydrogen) atoms. The molecule has 1 aromatic rings. The van der Waals surface area contributed by atoms with Crippen LogP contribution in [0.5, 0.6) is 0 Å². The molecular weight excluding hydrogens is 230 g/mol. The number of hydrogen-bond acceptors (Lipinski definition) is 4. The van der Waals surface area contributed by atoms with Gasteiger partial charge in [-0.05, 0) is 30.4 Å². The summed E-state index contributed by atoms with van der Waals surface area (Å²) in [5.41, 5.74) is 1.29. The third kappa shape index (κ3) is 2.80. The molecule has 0 amide bonds. The molecule has 0 aromatic carbocycles. The van der Waals surface area contributed by atoms with Crippen molar-refractivity contribution in [3.63, 3.8) is 0 Å². The van der Waals surface area contributed by atoms with Crippen LogP contribution in [0.25, 0.3) is 0 Å². The number of nitrogens with one attached hydrogen (secondary N) is 1. The highest BCUT2D eigenvalue weighted by molar-refractivity contribution is 7.91. The lowest BCUT2D eigenvalue weighted by molar-refractivity contribution is 0.556. The molecule has 1 aromatic heterocycles. The third-order valence-corrected chi connectivity index (χ3v) is 5.54. The van der Waals surface area contributed by atoms with Crippen molar-refractivity contribution in [1.82, 2.24) is 5.32 Å². The zero-order chi connectivity index (χ0) is 10.9. The smallest absolute Gasteiger partial charge is 0.151 e. The molecule has 1 unspecified atom stereocenters. The minimum absolute atomic E-state index is 0.150. The van der Waals surface area contributed by atoms with Gasteiger partial charge < -0.3 is 5.32 Å². The SMILES string of the molecule is Cc1ccsc1CNC1CCS(=O)(=O)C1. The topological polar surface area (TPSA) is 46.2 Å². The van der Waals surface area contributed by atoms with E-state index in [0.717, 1.165) is 13.0 Å². The van der Waals surface area contributed by atoms with E-state index in [9.17, 15) is 8.42 Å². The van der Waals surface area contributed by atoms with Gasteiger partial charge in [-0.1, -0.05) is 0 Å². The Balaban J connectivity index is 1.88. The van der Waals surface area contributed by atoms with Gasteiger partial charge in [0.25, 0.3) is 0 Å². The number of sulfone groups is 1. The van der Waals surface area contributed by atoms with E-state index in [1.807, 2.05) is 0 Å². The highest BCUT2D eigenvalue weighted by atomic mass is 32.2. The molecule has 3 nitrogen and oxygen atoms in total. The highest BCUT2D eigenvalue weighted by Crippen LogP contribution is 2.17. The largest absolute Gasteiger partial charge is 0.308 e. The van der Waals surface area contributed by atoms with Crippen LogP contribution in [0.15, 0.2) is 11.4 Å². The van der Waals surface area contributed by atoms with Crippen LogP contribution in [0.1, 0.15) is 16.9 Å². The Morgan fingerprint density at radius 1 is 1.60 bits per heavy atom. The van der Waals surface area contributed by atoms with Crippen LogP contribution in [0.2, 0.25) is 0 Å². The van der Waals surface area contributed by atoms with Gasteiger partial charge in [0, 0.05) is 17.5 Å². The standard InChI is InChI=1S/C10H15NO2S2/c1-8-2-4-14-10(8)6-11-9-3-5-15(12,13)7-9/h2,4,9,11H,3,5-7H2,1H3.